The zero-order valence-electron chi connectivity index (χ0n) is 10.5. The molecule has 0 radical (unpaired) electrons. The third-order valence-corrected chi connectivity index (χ3v) is 3.84. The van der Waals surface area contributed by atoms with Crippen LogP contribution in [0.1, 0.15) is 37.5 Å². The van der Waals surface area contributed by atoms with Gasteiger partial charge in [0, 0.05) is 18.2 Å². The van der Waals surface area contributed by atoms with Crippen molar-refractivity contribution in [3.63, 3.8) is 0 Å². The van der Waals surface area contributed by atoms with Crippen LogP contribution in [0.4, 0.5) is 0 Å². The largest absolute Gasteiger partial charge is 0.469 e. The highest BCUT2D eigenvalue weighted by Gasteiger charge is 2.28. The minimum Gasteiger partial charge on any atom is -0.469 e. The molecular formula is C11H18N4O2S. The summed E-state index contributed by atoms with van der Waals surface area (Å²) in [4.78, 5) is 11.0. The van der Waals surface area contributed by atoms with E-state index < -0.39 is 0 Å². The Morgan fingerprint density at radius 2 is 2.33 bits per heavy atom. The Balaban J connectivity index is 1.85. The molecule has 0 amide bonds. The van der Waals surface area contributed by atoms with Crippen molar-refractivity contribution in [2.24, 2.45) is 5.73 Å². The summed E-state index contributed by atoms with van der Waals surface area (Å²) in [6.45, 7) is 0.423. The Bertz CT molecular complexity index is 417. The van der Waals surface area contributed by atoms with Crippen molar-refractivity contribution in [3.8, 4) is 0 Å². The lowest BCUT2D eigenvalue weighted by Gasteiger charge is -2.06. The molecule has 100 valence electrons. The Morgan fingerprint density at radius 1 is 1.56 bits per heavy atom. The highest BCUT2D eigenvalue weighted by atomic mass is 32.2. The quantitative estimate of drug-likeness (QED) is 0.454. The minimum absolute atomic E-state index is 0.165. The molecule has 0 unspecified atom stereocenters. The maximum atomic E-state index is 11.0. The molecule has 1 fully saturated rings. The van der Waals surface area contributed by atoms with E-state index in [0.29, 0.717) is 19.0 Å². The molecule has 1 heterocycles. The molecule has 0 aliphatic heterocycles. The van der Waals surface area contributed by atoms with E-state index >= 15 is 0 Å². The lowest BCUT2D eigenvalue weighted by Crippen LogP contribution is -2.08. The number of rotatable bonds is 7. The van der Waals surface area contributed by atoms with Crippen LogP contribution in [0.15, 0.2) is 5.16 Å². The van der Waals surface area contributed by atoms with Crippen molar-refractivity contribution in [1.29, 1.82) is 0 Å². The van der Waals surface area contributed by atoms with Gasteiger partial charge in [-0.2, -0.15) is 0 Å². The van der Waals surface area contributed by atoms with Crippen molar-refractivity contribution >= 4 is 17.7 Å². The second-order valence-electron chi connectivity index (χ2n) is 4.23. The third kappa shape index (κ3) is 3.23. The van der Waals surface area contributed by atoms with Gasteiger partial charge in [0.15, 0.2) is 5.16 Å². The number of ether oxygens (including phenoxy) is 1. The SMILES string of the molecule is COC(=O)CCCSc1nnc(CN)n1C1CC1. The van der Waals surface area contributed by atoms with Crippen molar-refractivity contribution < 1.29 is 9.53 Å². The van der Waals surface area contributed by atoms with Crippen LogP contribution >= 0.6 is 11.8 Å². The fraction of sp³-hybridized carbons (Fsp3) is 0.727. The van der Waals surface area contributed by atoms with E-state index in [2.05, 4.69) is 19.5 Å². The van der Waals surface area contributed by atoms with Crippen molar-refractivity contribution in [3.05, 3.63) is 5.82 Å². The number of thioether (sulfide) groups is 1. The molecule has 1 aromatic heterocycles. The summed E-state index contributed by atoms with van der Waals surface area (Å²) < 4.78 is 6.74. The van der Waals surface area contributed by atoms with E-state index in [9.17, 15) is 4.79 Å². The predicted octanol–water partition coefficient (Wildman–Crippen LogP) is 1.12. The predicted molar refractivity (Wildman–Crippen MR) is 68.2 cm³/mol. The van der Waals surface area contributed by atoms with E-state index in [1.54, 1.807) is 11.8 Å². The highest BCUT2D eigenvalue weighted by molar-refractivity contribution is 7.99. The van der Waals surface area contributed by atoms with Crippen molar-refractivity contribution in [1.82, 2.24) is 14.8 Å². The smallest absolute Gasteiger partial charge is 0.305 e. The zero-order valence-corrected chi connectivity index (χ0v) is 11.3. The summed E-state index contributed by atoms with van der Waals surface area (Å²) in [5.41, 5.74) is 5.65. The molecule has 2 rings (SSSR count). The fourth-order valence-corrected chi connectivity index (χ4v) is 2.69. The van der Waals surface area contributed by atoms with E-state index in [0.717, 1.165) is 23.2 Å². The summed E-state index contributed by atoms with van der Waals surface area (Å²) in [6.07, 6.45) is 3.60. The lowest BCUT2D eigenvalue weighted by molar-refractivity contribution is -0.140. The Morgan fingerprint density at radius 3 is 2.94 bits per heavy atom. The van der Waals surface area contributed by atoms with Gasteiger partial charge in [0.25, 0.3) is 0 Å². The van der Waals surface area contributed by atoms with Crippen LogP contribution in [0.25, 0.3) is 0 Å². The van der Waals surface area contributed by atoms with E-state index in [4.69, 9.17) is 5.73 Å². The van der Waals surface area contributed by atoms with Gasteiger partial charge in [0.1, 0.15) is 5.82 Å². The Labute approximate surface area is 110 Å². The molecule has 1 saturated carbocycles. The number of hydrogen-bond donors (Lipinski definition) is 1. The Kier molecular flexibility index (Phi) is 4.60. The molecule has 6 nitrogen and oxygen atoms in total. The first-order chi connectivity index (χ1) is 8.76. The van der Waals surface area contributed by atoms with E-state index in [1.807, 2.05) is 0 Å². The average Bonchev–Trinajstić information content (AvgIpc) is 3.15. The molecule has 0 aromatic carbocycles. The molecule has 1 aliphatic rings. The maximum Gasteiger partial charge on any atom is 0.305 e. The fourth-order valence-electron chi connectivity index (χ4n) is 1.73. The monoisotopic (exact) mass is 270 g/mol. The lowest BCUT2D eigenvalue weighted by atomic mass is 10.3. The molecule has 2 N–H and O–H groups in total. The minimum atomic E-state index is -0.165. The summed E-state index contributed by atoms with van der Waals surface area (Å²) in [6, 6.07) is 0.529. The number of aromatic nitrogens is 3. The summed E-state index contributed by atoms with van der Waals surface area (Å²) in [5.74, 6) is 1.53. The van der Waals surface area contributed by atoms with Gasteiger partial charge < -0.3 is 15.0 Å². The first-order valence-corrected chi connectivity index (χ1v) is 7.08. The van der Waals surface area contributed by atoms with Crippen molar-refractivity contribution in [2.45, 2.75) is 43.4 Å². The van der Waals surface area contributed by atoms with E-state index in [1.165, 1.54) is 20.0 Å². The van der Waals surface area contributed by atoms with Crippen LogP contribution in [0.5, 0.6) is 0 Å². The first-order valence-electron chi connectivity index (χ1n) is 6.09. The molecule has 18 heavy (non-hydrogen) atoms. The number of esters is 1. The molecule has 0 atom stereocenters. The molecule has 0 saturated heterocycles. The number of hydrogen-bond acceptors (Lipinski definition) is 6. The van der Waals surface area contributed by atoms with Gasteiger partial charge in [-0.15, -0.1) is 10.2 Å². The van der Waals surface area contributed by atoms with Crippen LogP contribution in [-0.4, -0.2) is 33.6 Å². The summed E-state index contributed by atoms with van der Waals surface area (Å²) >= 11 is 1.63. The molecule has 7 heteroatoms. The number of nitrogens with two attached hydrogens (primary N) is 1. The van der Waals surface area contributed by atoms with Crippen molar-refractivity contribution in [2.75, 3.05) is 12.9 Å². The summed E-state index contributed by atoms with van der Waals surface area (Å²) in [7, 11) is 1.41. The first kappa shape index (κ1) is 13.4. The molecule has 0 bridgehead atoms. The van der Waals surface area contributed by atoms with Crippen LogP contribution < -0.4 is 5.73 Å². The highest BCUT2D eigenvalue weighted by Crippen LogP contribution is 2.38. The van der Waals surface area contributed by atoms with Crippen LogP contribution in [-0.2, 0) is 16.1 Å². The van der Waals surface area contributed by atoms with Crippen LogP contribution in [0.3, 0.4) is 0 Å². The third-order valence-electron chi connectivity index (χ3n) is 2.81. The standard InChI is InChI=1S/C11H18N4O2S/c1-17-10(16)3-2-6-18-11-14-13-9(7-12)15(11)8-4-5-8/h8H,2-7,12H2,1H3. The van der Waals surface area contributed by atoms with Crippen LogP contribution in [0, 0.1) is 0 Å². The van der Waals surface area contributed by atoms with Gasteiger partial charge in [-0.25, -0.2) is 0 Å². The van der Waals surface area contributed by atoms with Gasteiger partial charge in [0.2, 0.25) is 0 Å². The van der Waals surface area contributed by atoms with Gasteiger partial charge >= 0.3 is 5.97 Å². The van der Waals surface area contributed by atoms with Gasteiger partial charge in [-0.1, -0.05) is 11.8 Å². The Hall–Kier alpha value is -1.08. The van der Waals surface area contributed by atoms with E-state index in [-0.39, 0.29) is 5.97 Å². The molecule has 1 aromatic rings. The molecule has 1 aliphatic carbocycles. The van der Waals surface area contributed by atoms with Gasteiger partial charge in [-0.05, 0) is 19.3 Å². The van der Waals surface area contributed by atoms with Gasteiger partial charge in [0.05, 0.1) is 13.7 Å². The number of methoxy groups -OCH3 is 1. The second kappa shape index (κ2) is 6.19. The second-order valence-corrected chi connectivity index (χ2v) is 5.29. The van der Waals surface area contributed by atoms with Crippen LogP contribution in [0.2, 0.25) is 0 Å². The average molecular weight is 270 g/mol. The number of nitrogens with zero attached hydrogens (tertiary/aromatic N) is 3. The molecular weight excluding hydrogens is 252 g/mol. The topological polar surface area (TPSA) is 83.0 Å². The zero-order chi connectivity index (χ0) is 13.0. The number of carbonyl (C=O) groups is 1. The maximum absolute atomic E-state index is 11.0. The molecule has 0 spiro atoms. The normalized spacial score (nSPS) is 14.8. The number of carbonyl (C=O) groups excluding carboxylic acids is 1. The van der Waals surface area contributed by atoms with Gasteiger partial charge in [-0.3, -0.25) is 4.79 Å². The summed E-state index contributed by atoms with van der Waals surface area (Å²) in [5, 5.41) is 9.19.